The fourth-order valence-corrected chi connectivity index (χ4v) is 4.86. The SMILES string of the molecule is CCOc1cc(/C=C2\Sc3ccccc3C2=O)cc(Br)c1OCc1ccc([N+](=O)[O-])cc1. The second kappa shape index (κ2) is 9.58. The summed E-state index contributed by atoms with van der Waals surface area (Å²) in [6, 6.07) is 17.5. The average Bonchev–Trinajstić information content (AvgIpc) is 3.09. The van der Waals surface area contributed by atoms with Gasteiger partial charge in [-0.15, -0.1) is 0 Å². The number of thioether (sulfide) groups is 1. The van der Waals surface area contributed by atoms with E-state index in [0.717, 1.165) is 21.6 Å². The maximum absolute atomic E-state index is 12.7. The number of rotatable bonds is 7. The van der Waals surface area contributed by atoms with Crippen LogP contribution in [0.2, 0.25) is 0 Å². The van der Waals surface area contributed by atoms with Crippen molar-refractivity contribution in [1.29, 1.82) is 0 Å². The molecule has 0 spiro atoms. The van der Waals surface area contributed by atoms with Crippen LogP contribution in [0, 0.1) is 10.1 Å². The molecule has 0 saturated heterocycles. The standard InChI is InChI=1S/C24H18BrNO5S/c1-2-30-20-12-16(13-22-23(27)18-5-3-4-6-21(18)32-22)11-19(25)24(20)31-14-15-7-9-17(10-8-15)26(28)29/h3-13H,2,14H2,1H3/b22-13-. The van der Waals surface area contributed by atoms with E-state index in [0.29, 0.717) is 27.5 Å². The first-order valence-electron chi connectivity index (χ1n) is 9.82. The number of nitro groups is 1. The van der Waals surface area contributed by atoms with Gasteiger partial charge in [0.1, 0.15) is 6.61 Å². The Morgan fingerprint density at radius 1 is 1.09 bits per heavy atom. The number of carbonyl (C=O) groups is 1. The molecule has 1 aliphatic heterocycles. The van der Waals surface area contributed by atoms with Crippen LogP contribution in [-0.4, -0.2) is 17.3 Å². The number of carbonyl (C=O) groups excluding carboxylic acids is 1. The van der Waals surface area contributed by atoms with Crippen LogP contribution in [0.4, 0.5) is 5.69 Å². The lowest BCUT2D eigenvalue weighted by atomic mass is 10.1. The van der Waals surface area contributed by atoms with Crippen LogP contribution >= 0.6 is 27.7 Å². The van der Waals surface area contributed by atoms with Crippen LogP contribution in [0.1, 0.15) is 28.4 Å². The largest absolute Gasteiger partial charge is 0.490 e. The fraction of sp³-hybridized carbons (Fsp3) is 0.125. The first-order valence-corrected chi connectivity index (χ1v) is 11.4. The van der Waals surface area contributed by atoms with Crippen molar-refractivity contribution in [1.82, 2.24) is 0 Å². The van der Waals surface area contributed by atoms with Gasteiger partial charge in [-0.3, -0.25) is 14.9 Å². The highest BCUT2D eigenvalue weighted by Crippen LogP contribution is 2.42. The topological polar surface area (TPSA) is 78.7 Å². The zero-order valence-electron chi connectivity index (χ0n) is 17.0. The van der Waals surface area contributed by atoms with Crippen molar-refractivity contribution in [2.24, 2.45) is 0 Å². The molecule has 3 aromatic rings. The van der Waals surface area contributed by atoms with Gasteiger partial charge in [0.25, 0.3) is 5.69 Å². The van der Waals surface area contributed by atoms with Gasteiger partial charge in [-0.1, -0.05) is 23.9 Å². The minimum absolute atomic E-state index is 0.0122. The van der Waals surface area contributed by atoms with Crippen molar-refractivity contribution in [2.75, 3.05) is 6.61 Å². The lowest BCUT2D eigenvalue weighted by Crippen LogP contribution is -2.01. The zero-order valence-corrected chi connectivity index (χ0v) is 19.4. The zero-order chi connectivity index (χ0) is 22.7. The number of halogens is 1. The number of hydrogen-bond acceptors (Lipinski definition) is 6. The van der Waals surface area contributed by atoms with Gasteiger partial charge in [0.2, 0.25) is 5.78 Å². The van der Waals surface area contributed by atoms with E-state index in [4.69, 9.17) is 9.47 Å². The molecule has 6 nitrogen and oxygen atoms in total. The molecule has 8 heteroatoms. The van der Waals surface area contributed by atoms with Gasteiger partial charge in [0, 0.05) is 22.6 Å². The number of benzene rings is 3. The van der Waals surface area contributed by atoms with Gasteiger partial charge in [-0.25, -0.2) is 0 Å². The highest BCUT2D eigenvalue weighted by atomic mass is 79.9. The smallest absolute Gasteiger partial charge is 0.269 e. The Hall–Kier alpha value is -3.10. The maximum Gasteiger partial charge on any atom is 0.269 e. The second-order valence-electron chi connectivity index (χ2n) is 6.91. The summed E-state index contributed by atoms with van der Waals surface area (Å²) in [5, 5.41) is 10.8. The van der Waals surface area contributed by atoms with E-state index in [-0.39, 0.29) is 18.1 Å². The van der Waals surface area contributed by atoms with Gasteiger partial charge >= 0.3 is 0 Å². The fourth-order valence-electron chi connectivity index (χ4n) is 3.23. The third kappa shape index (κ3) is 4.71. The van der Waals surface area contributed by atoms with Crippen molar-refractivity contribution in [3.8, 4) is 11.5 Å². The monoisotopic (exact) mass is 511 g/mol. The van der Waals surface area contributed by atoms with Crippen LogP contribution in [0.3, 0.4) is 0 Å². The van der Waals surface area contributed by atoms with E-state index >= 15 is 0 Å². The Labute approximate surface area is 197 Å². The number of fused-ring (bicyclic) bond motifs is 1. The summed E-state index contributed by atoms with van der Waals surface area (Å²) >= 11 is 5.01. The van der Waals surface area contributed by atoms with E-state index < -0.39 is 4.92 Å². The predicted octanol–water partition coefficient (Wildman–Crippen LogP) is 6.66. The molecule has 0 aromatic heterocycles. The van der Waals surface area contributed by atoms with Gasteiger partial charge in [-0.05, 0) is 76.5 Å². The quantitative estimate of drug-likeness (QED) is 0.200. The number of nitro benzene ring substituents is 1. The van der Waals surface area contributed by atoms with E-state index in [2.05, 4.69) is 15.9 Å². The van der Waals surface area contributed by atoms with Crippen LogP contribution in [0.15, 0.2) is 74.9 Å². The summed E-state index contributed by atoms with van der Waals surface area (Å²) in [6.45, 7) is 2.55. The molecule has 3 aromatic carbocycles. The lowest BCUT2D eigenvalue weighted by Gasteiger charge is -2.15. The van der Waals surface area contributed by atoms with E-state index in [9.17, 15) is 14.9 Å². The van der Waals surface area contributed by atoms with Crippen LogP contribution in [0.25, 0.3) is 6.08 Å². The molecule has 32 heavy (non-hydrogen) atoms. The van der Waals surface area contributed by atoms with Crippen LogP contribution in [0.5, 0.6) is 11.5 Å². The van der Waals surface area contributed by atoms with E-state index in [1.165, 1.54) is 23.9 Å². The molecule has 1 heterocycles. The summed E-state index contributed by atoms with van der Waals surface area (Å²) in [4.78, 5) is 24.7. The maximum atomic E-state index is 12.7. The number of ketones is 1. The molecular weight excluding hydrogens is 494 g/mol. The number of hydrogen-bond donors (Lipinski definition) is 0. The third-order valence-electron chi connectivity index (χ3n) is 4.74. The first-order chi connectivity index (χ1) is 15.5. The minimum Gasteiger partial charge on any atom is -0.490 e. The normalized spacial score (nSPS) is 13.8. The summed E-state index contributed by atoms with van der Waals surface area (Å²) in [6.07, 6.45) is 1.85. The van der Waals surface area contributed by atoms with Crippen molar-refractivity contribution in [3.05, 3.63) is 96.8 Å². The number of allylic oxidation sites excluding steroid dienone is 1. The molecule has 0 fully saturated rings. The molecule has 0 atom stereocenters. The minimum atomic E-state index is -0.437. The Morgan fingerprint density at radius 2 is 1.84 bits per heavy atom. The van der Waals surface area contributed by atoms with Gasteiger partial charge < -0.3 is 9.47 Å². The van der Waals surface area contributed by atoms with E-state index in [1.807, 2.05) is 49.4 Å². The molecule has 4 rings (SSSR count). The average molecular weight is 512 g/mol. The van der Waals surface area contributed by atoms with Crippen LogP contribution < -0.4 is 9.47 Å². The van der Waals surface area contributed by atoms with Crippen molar-refractivity contribution < 1.29 is 19.2 Å². The summed E-state index contributed by atoms with van der Waals surface area (Å²) < 4.78 is 12.4. The molecule has 1 aliphatic rings. The second-order valence-corrected chi connectivity index (χ2v) is 8.85. The van der Waals surface area contributed by atoms with Gasteiger partial charge in [-0.2, -0.15) is 0 Å². The Bertz CT molecular complexity index is 1220. The van der Waals surface area contributed by atoms with Crippen molar-refractivity contribution >= 4 is 45.2 Å². The first kappa shape index (κ1) is 22.1. The highest BCUT2D eigenvalue weighted by molar-refractivity contribution is 9.10. The molecule has 0 saturated carbocycles. The predicted molar refractivity (Wildman–Crippen MR) is 127 cm³/mol. The van der Waals surface area contributed by atoms with E-state index in [1.54, 1.807) is 12.1 Å². The number of Topliss-reactive ketones (excluding diaryl/α,β-unsaturated/α-hetero) is 1. The van der Waals surface area contributed by atoms with Gasteiger partial charge in [0.15, 0.2) is 11.5 Å². The molecular formula is C24H18BrNO5S. The number of non-ortho nitro benzene ring substituents is 1. The Kier molecular flexibility index (Phi) is 6.62. The lowest BCUT2D eigenvalue weighted by molar-refractivity contribution is -0.384. The molecule has 162 valence electrons. The molecule has 0 amide bonds. The number of nitrogens with zero attached hydrogens (tertiary/aromatic N) is 1. The molecule has 0 radical (unpaired) electrons. The summed E-state index contributed by atoms with van der Waals surface area (Å²) in [5.41, 5.74) is 2.35. The Morgan fingerprint density at radius 3 is 2.53 bits per heavy atom. The summed E-state index contributed by atoms with van der Waals surface area (Å²) in [5.74, 6) is 1.09. The molecule has 0 aliphatic carbocycles. The Balaban J connectivity index is 1.57. The van der Waals surface area contributed by atoms with Crippen LogP contribution in [-0.2, 0) is 6.61 Å². The summed E-state index contributed by atoms with van der Waals surface area (Å²) in [7, 11) is 0. The van der Waals surface area contributed by atoms with Crippen molar-refractivity contribution in [2.45, 2.75) is 18.4 Å². The molecule has 0 unspecified atom stereocenters. The van der Waals surface area contributed by atoms with Gasteiger partial charge in [0.05, 0.1) is 20.9 Å². The highest BCUT2D eigenvalue weighted by Gasteiger charge is 2.25. The third-order valence-corrected chi connectivity index (χ3v) is 6.42. The molecule has 0 bridgehead atoms. The molecule has 0 N–H and O–H groups in total. The number of ether oxygens (including phenoxy) is 2. The van der Waals surface area contributed by atoms with Crippen molar-refractivity contribution in [3.63, 3.8) is 0 Å².